The molecule has 7 atom stereocenters. The zero-order chi connectivity index (χ0) is 53.4. The fourth-order valence-corrected chi connectivity index (χ4v) is 10.5. The van der Waals surface area contributed by atoms with Crippen LogP contribution in [0.25, 0.3) is 11.1 Å². The highest BCUT2D eigenvalue weighted by Gasteiger charge is 2.44. The third kappa shape index (κ3) is 10.1. The molecule has 0 fully saturated rings. The van der Waals surface area contributed by atoms with Crippen molar-refractivity contribution in [2.24, 2.45) is 0 Å². The summed E-state index contributed by atoms with van der Waals surface area (Å²) in [5, 5.41) is 175. The van der Waals surface area contributed by atoms with E-state index in [1.54, 1.807) is 25.1 Å². The van der Waals surface area contributed by atoms with Crippen molar-refractivity contribution in [1.29, 1.82) is 0 Å². The molecule has 0 heterocycles. The average molecular weight is 1010 g/mol. The molecule has 16 nitrogen and oxygen atoms in total. The van der Waals surface area contributed by atoms with Gasteiger partial charge in [-0.3, -0.25) is 0 Å². The van der Waals surface area contributed by atoms with Crippen molar-refractivity contribution in [2.45, 2.75) is 61.7 Å². The fourth-order valence-electron chi connectivity index (χ4n) is 10.5. The Labute approximate surface area is 423 Å². The molecule has 0 radical (unpaired) electrons. The minimum atomic E-state index is -1.13. The second kappa shape index (κ2) is 20.4. The van der Waals surface area contributed by atoms with E-state index in [4.69, 9.17) is 0 Å². The predicted molar refractivity (Wildman–Crippen MR) is 272 cm³/mol. The summed E-state index contributed by atoms with van der Waals surface area (Å²) in [6.07, 6.45) is -0.0237. The van der Waals surface area contributed by atoms with Crippen molar-refractivity contribution in [3.05, 3.63) is 178 Å². The van der Waals surface area contributed by atoms with Gasteiger partial charge in [-0.05, 0) is 195 Å². The van der Waals surface area contributed by atoms with Crippen LogP contribution in [0.15, 0.2) is 140 Å². The molecule has 0 aliphatic heterocycles. The summed E-state index contributed by atoms with van der Waals surface area (Å²) in [5.74, 6) is -14.6. The Morgan fingerprint density at radius 2 is 0.568 bits per heavy atom. The van der Waals surface area contributed by atoms with E-state index in [9.17, 15) is 81.7 Å². The number of aromatic hydroxyl groups is 16. The summed E-state index contributed by atoms with van der Waals surface area (Å²) in [5.41, 5.74) is 3.04. The molecule has 0 aromatic heterocycles. The van der Waals surface area contributed by atoms with Gasteiger partial charge < -0.3 is 81.7 Å². The van der Waals surface area contributed by atoms with Crippen molar-refractivity contribution in [3.63, 3.8) is 0 Å². The minimum absolute atomic E-state index is 0.0237. The third-order valence-electron chi connectivity index (χ3n) is 14.3. The molecule has 16 heteroatoms. The number of phenolic OH excluding ortho intramolecular Hbond substituents is 16. The lowest BCUT2D eigenvalue weighted by Gasteiger charge is -2.44. The number of hydrogen-bond donors (Lipinski definition) is 16. The summed E-state index contributed by atoms with van der Waals surface area (Å²) in [6, 6.07) is 31.5. The van der Waals surface area contributed by atoms with Crippen molar-refractivity contribution < 1.29 is 81.7 Å². The Bertz CT molecular complexity index is 3390. The van der Waals surface area contributed by atoms with Gasteiger partial charge >= 0.3 is 0 Å². The molecule has 0 bridgehead atoms. The molecule has 6 unspecified atom stereocenters. The van der Waals surface area contributed by atoms with Crippen molar-refractivity contribution in [1.82, 2.24) is 0 Å². The number of phenols is 16. The maximum Gasteiger partial charge on any atom is 0.158 e. The third-order valence-corrected chi connectivity index (χ3v) is 14.3. The molecule has 8 aromatic rings. The van der Waals surface area contributed by atoms with Crippen LogP contribution >= 0.6 is 0 Å². The van der Waals surface area contributed by atoms with E-state index in [0.29, 0.717) is 33.4 Å². The standard InChI is InChI=1S/C58H54O16/c1-27(29-3-10-40(59)47(66)17-29)36(30-4-11-41(60)48(67)18-30)24-39(32-6-13-43(62)50(69)20-32)57(34-8-15-45(64)52(71)22-34)58(35-9-16-46(65)53(72)23-35)56(33-7-14-44(63)51(70)21-33)28(2)37-25-54(73)55(74)26-38(37)31-5-12-42(61)49(68)19-31/h3-23,25-28,36,39,56-74H,24H2,1-2H3/t27?,28?,36-,39?,56?,57?,58?/m1/s1. The first-order chi connectivity index (χ1) is 35.1. The number of rotatable bonds is 15. The van der Waals surface area contributed by atoms with E-state index in [1.165, 1.54) is 121 Å². The Morgan fingerprint density at radius 3 is 1.00 bits per heavy atom. The van der Waals surface area contributed by atoms with Gasteiger partial charge in [0.05, 0.1) is 0 Å². The topological polar surface area (TPSA) is 324 Å². The lowest BCUT2D eigenvalue weighted by Crippen LogP contribution is -2.29. The molecule has 16 N–H and O–H groups in total. The van der Waals surface area contributed by atoms with E-state index in [0.717, 1.165) is 0 Å². The summed E-state index contributed by atoms with van der Waals surface area (Å²) in [6.45, 7) is 3.58. The van der Waals surface area contributed by atoms with Gasteiger partial charge in [0, 0.05) is 0 Å². The first kappa shape index (κ1) is 50.9. The lowest BCUT2D eigenvalue weighted by molar-refractivity contribution is 0.328. The highest BCUT2D eigenvalue weighted by atomic mass is 16.3. The zero-order valence-electron chi connectivity index (χ0n) is 39.7. The SMILES string of the molecule is CC(c1cc(O)c(O)cc1-c1ccc(O)c(O)c1)C(c1ccc(O)c(O)c1)C(c1ccc(O)c(O)c1)C(c1ccc(O)c(O)c1)C(C[C@@H](c1ccc(O)c(O)c1)C(C)c1ccc(O)c(O)c1)c1ccc(O)c(O)c1. The Morgan fingerprint density at radius 1 is 0.257 bits per heavy atom. The predicted octanol–water partition coefficient (Wildman–Crippen LogP) is 10.9. The molecule has 8 aromatic carbocycles. The van der Waals surface area contributed by atoms with Gasteiger partial charge in [0.15, 0.2) is 92.0 Å². The lowest BCUT2D eigenvalue weighted by atomic mass is 9.59. The Hall–Kier alpha value is -9.44. The fraction of sp³-hybridized carbons (Fsp3) is 0.172. The smallest absolute Gasteiger partial charge is 0.158 e. The van der Waals surface area contributed by atoms with Crippen LogP contribution in [0, 0.1) is 0 Å². The van der Waals surface area contributed by atoms with Crippen LogP contribution in [0.1, 0.15) is 101 Å². The maximum atomic E-state index is 11.4. The second-order valence-electron chi connectivity index (χ2n) is 18.7. The van der Waals surface area contributed by atoms with Gasteiger partial charge in [-0.25, -0.2) is 0 Å². The minimum Gasteiger partial charge on any atom is -0.504 e. The van der Waals surface area contributed by atoms with Crippen LogP contribution < -0.4 is 0 Å². The monoisotopic (exact) mass is 1010 g/mol. The molecule has 8 rings (SSSR count). The van der Waals surface area contributed by atoms with Crippen LogP contribution in [0.3, 0.4) is 0 Å². The molecule has 0 amide bonds. The molecule has 382 valence electrons. The molecular formula is C58H54O16. The largest absolute Gasteiger partial charge is 0.504 e. The highest BCUT2D eigenvalue weighted by Crippen LogP contribution is 2.60. The van der Waals surface area contributed by atoms with Crippen LogP contribution in [-0.4, -0.2) is 81.7 Å². The van der Waals surface area contributed by atoms with Gasteiger partial charge in [0.2, 0.25) is 0 Å². The highest BCUT2D eigenvalue weighted by molar-refractivity contribution is 5.74. The Kier molecular flexibility index (Phi) is 14.0. The molecule has 0 aliphatic carbocycles. The van der Waals surface area contributed by atoms with Crippen molar-refractivity contribution in [2.75, 3.05) is 0 Å². The van der Waals surface area contributed by atoms with Gasteiger partial charge in [-0.2, -0.15) is 0 Å². The van der Waals surface area contributed by atoms with Crippen LogP contribution in [0.4, 0.5) is 0 Å². The van der Waals surface area contributed by atoms with Gasteiger partial charge in [0.1, 0.15) is 0 Å². The zero-order valence-corrected chi connectivity index (χ0v) is 39.7. The number of hydrogen-bond acceptors (Lipinski definition) is 16. The summed E-state index contributed by atoms with van der Waals surface area (Å²) >= 11 is 0. The quantitative estimate of drug-likeness (QED) is 0.0424. The summed E-state index contributed by atoms with van der Waals surface area (Å²) in [7, 11) is 0. The molecular weight excluding hydrogens is 953 g/mol. The Balaban J connectivity index is 1.50. The van der Waals surface area contributed by atoms with Crippen molar-refractivity contribution in [3.8, 4) is 103 Å². The molecule has 0 aliphatic rings. The molecule has 74 heavy (non-hydrogen) atoms. The van der Waals surface area contributed by atoms with E-state index >= 15 is 0 Å². The average Bonchev–Trinajstić information content (AvgIpc) is 3.36. The van der Waals surface area contributed by atoms with E-state index in [-0.39, 0.29) is 23.1 Å². The first-order valence-corrected chi connectivity index (χ1v) is 23.3. The van der Waals surface area contributed by atoms with Crippen LogP contribution in [0.5, 0.6) is 92.0 Å². The normalized spacial score (nSPS) is 14.4. The summed E-state index contributed by atoms with van der Waals surface area (Å²) in [4.78, 5) is 0. The molecule has 0 saturated heterocycles. The van der Waals surface area contributed by atoms with Gasteiger partial charge in [-0.1, -0.05) is 56.3 Å². The number of benzene rings is 8. The first-order valence-electron chi connectivity index (χ1n) is 23.3. The molecule has 0 spiro atoms. The second-order valence-corrected chi connectivity index (χ2v) is 18.7. The van der Waals surface area contributed by atoms with Crippen LogP contribution in [0.2, 0.25) is 0 Å². The molecule has 0 saturated carbocycles. The van der Waals surface area contributed by atoms with Crippen LogP contribution in [-0.2, 0) is 0 Å². The van der Waals surface area contributed by atoms with E-state index in [1.807, 2.05) is 6.92 Å². The van der Waals surface area contributed by atoms with Crippen molar-refractivity contribution >= 4 is 0 Å². The van der Waals surface area contributed by atoms with E-state index in [2.05, 4.69) is 0 Å². The van der Waals surface area contributed by atoms with E-state index < -0.39 is 133 Å². The van der Waals surface area contributed by atoms with Gasteiger partial charge in [-0.15, -0.1) is 0 Å². The summed E-state index contributed by atoms with van der Waals surface area (Å²) < 4.78 is 0. The maximum absolute atomic E-state index is 11.4. The van der Waals surface area contributed by atoms with Gasteiger partial charge in [0.25, 0.3) is 0 Å².